The number of rotatable bonds is 5. The van der Waals surface area contributed by atoms with Gasteiger partial charge in [-0.3, -0.25) is 0 Å². The highest BCUT2D eigenvalue weighted by molar-refractivity contribution is 5.92. The standard InChI is InChI=1S/C15H19N3O3/c1-4-20-15(19)11-5-6-12(16)13(7-11)17-8-14-18-9(2)10(3)21-14/h5-7,17H,4,8,16H2,1-3H3. The van der Waals surface area contributed by atoms with Crippen molar-refractivity contribution >= 4 is 17.3 Å². The Kier molecular flexibility index (Phi) is 4.47. The molecule has 0 unspecified atom stereocenters. The van der Waals surface area contributed by atoms with Crippen molar-refractivity contribution in [3.05, 3.63) is 41.1 Å². The Morgan fingerprint density at radius 1 is 1.43 bits per heavy atom. The molecule has 3 N–H and O–H groups in total. The average molecular weight is 289 g/mol. The molecule has 112 valence electrons. The van der Waals surface area contributed by atoms with Gasteiger partial charge in [-0.15, -0.1) is 0 Å². The first-order chi connectivity index (χ1) is 10.0. The molecule has 6 heteroatoms. The number of nitrogens with zero attached hydrogens (tertiary/aromatic N) is 1. The molecule has 0 aliphatic carbocycles. The van der Waals surface area contributed by atoms with Crippen LogP contribution in [0.1, 0.15) is 34.6 Å². The van der Waals surface area contributed by atoms with E-state index in [4.69, 9.17) is 14.9 Å². The topological polar surface area (TPSA) is 90.4 Å². The first-order valence-corrected chi connectivity index (χ1v) is 6.74. The molecule has 2 aromatic rings. The SMILES string of the molecule is CCOC(=O)c1ccc(N)c(NCc2nc(C)c(C)o2)c1. The molecule has 1 aromatic heterocycles. The maximum atomic E-state index is 11.7. The fourth-order valence-electron chi connectivity index (χ4n) is 1.84. The Bertz CT molecular complexity index is 630. The summed E-state index contributed by atoms with van der Waals surface area (Å²) in [5.41, 5.74) is 8.40. The second-order valence-electron chi connectivity index (χ2n) is 4.63. The molecule has 0 saturated heterocycles. The molecule has 0 aliphatic heterocycles. The summed E-state index contributed by atoms with van der Waals surface area (Å²) in [7, 11) is 0. The Hall–Kier alpha value is -2.50. The van der Waals surface area contributed by atoms with Gasteiger partial charge in [0.2, 0.25) is 5.89 Å². The molecule has 0 spiro atoms. The first-order valence-electron chi connectivity index (χ1n) is 6.74. The highest BCUT2D eigenvalue weighted by atomic mass is 16.5. The van der Waals surface area contributed by atoms with Crippen LogP contribution >= 0.6 is 0 Å². The van der Waals surface area contributed by atoms with E-state index in [-0.39, 0.29) is 5.97 Å². The number of nitrogen functional groups attached to an aromatic ring is 1. The zero-order chi connectivity index (χ0) is 15.4. The molecule has 0 fully saturated rings. The van der Waals surface area contributed by atoms with E-state index in [1.165, 1.54) is 0 Å². The number of hydrogen-bond acceptors (Lipinski definition) is 6. The summed E-state index contributed by atoms with van der Waals surface area (Å²) in [5, 5.41) is 3.12. The van der Waals surface area contributed by atoms with Crippen molar-refractivity contribution in [1.82, 2.24) is 4.98 Å². The van der Waals surface area contributed by atoms with E-state index in [0.29, 0.717) is 36.0 Å². The van der Waals surface area contributed by atoms with Crippen LogP contribution in [0.2, 0.25) is 0 Å². The Morgan fingerprint density at radius 3 is 2.81 bits per heavy atom. The lowest BCUT2D eigenvalue weighted by Crippen LogP contribution is -2.08. The number of ether oxygens (including phenoxy) is 1. The summed E-state index contributed by atoms with van der Waals surface area (Å²) in [6.07, 6.45) is 0. The predicted molar refractivity (Wildman–Crippen MR) is 80.1 cm³/mol. The number of esters is 1. The van der Waals surface area contributed by atoms with Crippen molar-refractivity contribution in [1.29, 1.82) is 0 Å². The van der Waals surface area contributed by atoms with E-state index in [1.807, 2.05) is 13.8 Å². The van der Waals surface area contributed by atoms with E-state index >= 15 is 0 Å². The van der Waals surface area contributed by atoms with Gasteiger partial charge in [0.25, 0.3) is 0 Å². The predicted octanol–water partition coefficient (Wildman–Crippen LogP) is 2.66. The number of carbonyl (C=O) groups is 1. The molecule has 1 aromatic carbocycles. The minimum absolute atomic E-state index is 0.334. The van der Waals surface area contributed by atoms with Crippen LogP contribution in [0.3, 0.4) is 0 Å². The quantitative estimate of drug-likeness (QED) is 0.649. The Morgan fingerprint density at radius 2 is 2.19 bits per heavy atom. The fraction of sp³-hybridized carbons (Fsp3) is 0.333. The second-order valence-corrected chi connectivity index (χ2v) is 4.63. The second kappa shape index (κ2) is 6.30. The van der Waals surface area contributed by atoms with E-state index in [9.17, 15) is 4.79 Å². The van der Waals surface area contributed by atoms with Crippen molar-refractivity contribution in [2.45, 2.75) is 27.3 Å². The molecular weight excluding hydrogens is 270 g/mol. The normalized spacial score (nSPS) is 10.4. The molecule has 0 saturated carbocycles. The number of aromatic nitrogens is 1. The van der Waals surface area contributed by atoms with Crippen molar-refractivity contribution < 1.29 is 13.9 Å². The average Bonchev–Trinajstić information content (AvgIpc) is 2.77. The van der Waals surface area contributed by atoms with Crippen LogP contribution in [0, 0.1) is 13.8 Å². The summed E-state index contributed by atoms with van der Waals surface area (Å²) in [6, 6.07) is 4.97. The smallest absolute Gasteiger partial charge is 0.338 e. The maximum absolute atomic E-state index is 11.7. The molecule has 0 radical (unpaired) electrons. The van der Waals surface area contributed by atoms with Crippen LogP contribution < -0.4 is 11.1 Å². The third kappa shape index (κ3) is 3.53. The van der Waals surface area contributed by atoms with Gasteiger partial charge in [-0.2, -0.15) is 0 Å². The van der Waals surface area contributed by atoms with Crippen LogP contribution in [0.25, 0.3) is 0 Å². The maximum Gasteiger partial charge on any atom is 0.338 e. The van der Waals surface area contributed by atoms with Crippen LogP contribution in [-0.2, 0) is 11.3 Å². The minimum Gasteiger partial charge on any atom is -0.462 e. The van der Waals surface area contributed by atoms with Crippen molar-refractivity contribution in [2.75, 3.05) is 17.7 Å². The van der Waals surface area contributed by atoms with Gasteiger partial charge in [0.1, 0.15) is 5.76 Å². The third-order valence-corrected chi connectivity index (χ3v) is 3.07. The number of benzene rings is 1. The highest BCUT2D eigenvalue weighted by Gasteiger charge is 2.10. The minimum atomic E-state index is -0.372. The first kappa shape index (κ1) is 14.9. The van der Waals surface area contributed by atoms with Crippen molar-refractivity contribution in [3.63, 3.8) is 0 Å². The lowest BCUT2D eigenvalue weighted by Gasteiger charge is -2.09. The summed E-state index contributed by atoms with van der Waals surface area (Å²) in [4.78, 5) is 16.0. The lowest BCUT2D eigenvalue weighted by molar-refractivity contribution is 0.0526. The van der Waals surface area contributed by atoms with Crippen LogP contribution in [0.15, 0.2) is 22.6 Å². The third-order valence-electron chi connectivity index (χ3n) is 3.07. The number of nitrogens with two attached hydrogens (primary N) is 1. The van der Waals surface area contributed by atoms with Crippen LogP contribution in [0.4, 0.5) is 11.4 Å². The number of oxazole rings is 1. The number of hydrogen-bond donors (Lipinski definition) is 2. The van der Waals surface area contributed by atoms with Gasteiger partial charge in [0.05, 0.1) is 35.8 Å². The van der Waals surface area contributed by atoms with E-state index in [1.54, 1.807) is 25.1 Å². The van der Waals surface area contributed by atoms with Crippen LogP contribution in [0.5, 0.6) is 0 Å². The van der Waals surface area contributed by atoms with Gasteiger partial charge < -0.3 is 20.2 Å². The van der Waals surface area contributed by atoms with Crippen LogP contribution in [-0.4, -0.2) is 17.6 Å². The van der Waals surface area contributed by atoms with E-state index in [0.717, 1.165) is 11.5 Å². The zero-order valence-corrected chi connectivity index (χ0v) is 12.4. The number of nitrogens with one attached hydrogen (secondary N) is 1. The van der Waals surface area contributed by atoms with Gasteiger partial charge >= 0.3 is 5.97 Å². The van der Waals surface area contributed by atoms with E-state index < -0.39 is 0 Å². The van der Waals surface area contributed by atoms with Gasteiger partial charge in [0, 0.05) is 0 Å². The highest BCUT2D eigenvalue weighted by Crippen LogP contribution is 2.21. The van der Waals surface area contributed by atoms with Crippen molar-refractivity contribution in [2.24, 2.45) is 0 Å². The zero-order valence-electron chi connectivity index (χ0n) is 12.4. The molecule has 21 heavy (non-hydrogen) atoms. The lowest BCUT2D eigenvalue weighted by atomic mass is 10.1. The Labute approximate surface area is 123 Å². The molecule has 0 atom stereocenters. The van der Waals surface area contributed by atoms with Gasteiger partial charge in [-0.1, -0.05) is 0 Å². The molecule has 1 heterocycles. The summed E-state index contributed by atoms with van der Waals surface area (Å²) in [6.45, 7) is 6.24. The van der Waals surface area contributed by atoms with Crippen molar-refractivity contribution in [3.8, 4) is 0 Å². The number of carbonyl (C=O) groups excluding carboxylic acids is 1. The number of anilines is 2. The molecular formula is C15H19N3O3. The summed E-state index contributed by atoms with van der Waals surface area (Å²) in [5.74, 6) is 0.995. The molecule has 2 rings (SSSR count). The fourth-order valence-corrected chi connectivity index (χ4v) is 1.84. The Balaban J connectivity index is 2.11. The van der Waals surface area contributed by atoms with Gasteiger partial charge in [0.15, 0.2) is 0 Å². The molecule has 0 aliphatic rings. The molecule has 0 bridgehead atoms. The largest absolute Gasteiger partial charge is 0.462 e. The summed E-state index contributed by atoms with van der Waals surface area (Å²) >= 11 is 0. The van der Waals surface area contributed by atoms with E-state index in [2.05, 4.69) is 10.3 Å². The summed E-state index contributed by atoms with van der Waals surface area (Å²) < 4.78 is 10.5. The molecule has 6 nitrogen and oxygen atoms in total. The monoisotopic (exact) mass is 289 g/mol. The van der Waals surface area contributed by atoms with Gasteiger partial charge in [-0.05, 0) is 39.0 Å². The number of aryl methyl sites for hydroxylation is 2. The molecule has 0 amide bonds. The van der Waals surface area contributed by atoms with Gasteiger partial charge in [-0.25, -0.2) is 9.78 Å².